The molecule has 1 aliphatic rings. The molecule has 0 spiro atoms. The molecular formula is C17H35NS. The molecule has 19 heavy (non-hydrogen) atoms. The van der Waals surface area contributed by atoms with Crippen LogP contribution in [0, 0.1) is 17.3 Å². The van der Waals surface area contributed by atoms with E-state index in [1.165, 1.54) is 63.8 Å². The van der Waals surface area contributed by atoms with E-state index in [2.05, 4.69) is 32.3 Å². The molecular weight excluding hydrogens is 250 g/mol. The maximum atomic E-state index is 3.68. The summed E-state index contributed by atoms with van der Waals surface area (Å²) in [6.45, 7) is 9.72. The summed E-state index contributed by atoms with van der Waals surface area (Å²) in [7, 11) is 0. The van der Waals surface area contributed by atoms with Crippen LogP contribution in [0.15, 0.2) is 0 Å². The molecule has 0 amide bonds. The molecule has 1 rings (SSSR count). The minimum absolute atomic E-state index is 0.524. The van der Waals surface area contributed by atoms with Crippen molar-refractivity contribution in [1.82, 2.24) is 5.32 Å². The van der Waals surface area contributed by atoms with Gasteiger partial charge in [-0.15, -0.1) is 0 Å². The highest BCUT2D eigenvalue weighted by atomic mass is 32.2. The highest BCUT2D eigenvalue weighted by Gasteiger charge is 2.29. The first kappa shape index (κ1) is 17.4. The van der Waals surface area contributed by atoms with Crippen molar-refractivity contribution < 1.29 is 0 Å². The molecule has 0 aromatic carbocycles. The fraction of sp³-hybridized carbons (Fsp3) is 1.00. The van der Waals surface area contributed by atoms with Gasteiger partial charge in [0.2, 0.25) is 0 Å². The molecule has 0 aromatic rings. The molecule has 0 radical (unpaired) electrons. The molecule has 0 bridgehead atoms. The van der Waals surface area contributed by atoms with Gasteiger partial charge in [0.1, 0.15) is 0 Å². The first-order chi connectivity index (χ1) is 9.04. The Kier molecular flexibility index (Phi) is 8.48. The third-order valence-electron chi connectivity index (χ3n) is 4.71. The lowest BCUT2D eigenvalue weighted by Gasteiger charge is -2.37. The molecule has 1 fully saturated rings. The Labute approximate surface area is 125 Å². The molecule has 0 aliphatic heterocycles. The summed E-state index contributed by atoms with van der Waals surface area (Å²) in [5.41, 5.74) is 0.524. The average molecular weight is 286 g/mol. The van der Waals surface area contributed by atoms with Crippen molar-refractivity contribution in [2.24, 2.45) is 17.3 Å². The minimum atomic E-state index is 0.524. The molecule has 0 unspecified atom stereocenters. The van der Waals surface area contributed by atoms with E-state index in [0.29, 0.717) is 5.41 Å². The molecule has 0 saturated heterocycles. The van der Waals surface area contributed by atoms with E-state index in [0.717, 1.165) is 11.8 Å². The maximum Gasteiger partial charge on any atom is -0.00205 e. The number of rotatable bonds is 8. The van der Waals surface area contributed by atoms with Gasteiger partial charge < -0.3 is 5.32 Å². The van der Waals surface area contributed by atoms with Gasteiger partial charge in [0, 0.05) is 0 Å². The van der Waals surface area contributed by atoms with Crippen LogP contribution in [0.25, 0.3) is 0 Å². The Hall–Kier alpha value is 0.310. The molecule has 0 aromatic heterocycles. The standard InChI is InChI=1S/C17H35NS/c1-17(2,3)16-10-8-15(9-11-16)14-18-12-6-5-7-13-19-4/h15-16,18H,5-14H2,1-4H3. The van der Waals surface area contributed by atoms with E-state index in [9.17, 15) is 0 Å². The fourth-order valence-electron chi connectivity index (χ4n) is 3.21. The highest BCUT2D eigenvalue weighted by molar-refractivity contribution is 7.98. The lowest BCUT2D eigenvalue weighted by atomic mass is 9.70. The zero-order valence-corrected chi connectivity index (χ0v) is 14.5. The molecule has 1 N–H and O–H groups in total. The topological polar surface area (TPSA) is 12.0 Å². The smallest absolute Gasteiger partial charge is 0.00205 e. The summed E-state index contributed by atoms with van der Waals surface area (Å²) in [6.07, 6.45) is 12.1. The fourth-order valence-corrected chi connectivity index (χ4v) is 3.70. The summed E-state index contributed by atoms with van der Waals surface area (Å²) >= 11 is 1.97. The van der Waals surface area contributed by atoms with Crippen LogP contribution in [0.2, 0.25) is 0 Å². The third kappa shape index (κ3) is 7.60. The van der Waals surface area contributed by atoms with Gasteiger partial charge in [-0.1, -0.05) is 27.2 Å². The Morgan fingerprint density at radius 1 is 1.00 bits per heavy atom. The molecule has 1 nitrogen and oxygen atoms in total. The van der Waals surface area contributed by atoms with Gasteiger partial charge in [-0.2, -0.15) is 11.8 Å². The van der Waals surface area contributed by atoms with Crippen LogP contribution in [-0.4, -0.2) is 25.1 Å². The lowest BCUT2D eigenvalue weighted by Crippen LogP contribution is -2.31. The summed E-state index contributed by atoms with van der Waals surface area (Å²) in [6, 6.07) is 0. The second-order valence-corrected chi connectivity index (χ2v) is 8.33. The first-order valence-electron chi connectivity index (χ1n) is 8.23. The Morgan fingerprint density at radius 2 is 1.68 bits per heavy atom. The number of nitrogens with one attached hydrogen (secondary N) is 1. The normalized spacial score (nSPS) is 24.6. The predicted molar refractivity (Wildman–Crippen MR) is 90.0 cm³/mol. The van der Waals surface area contributed by atoms with Crippen molar-refractivity contribution in [3.8, 4) is 0 Å². The summed E-state index contributed by atoms with van der Waals surface area (Å²) in [4.78, 5) is 0. The van der Waals surface area contributed by atoms with Gasteiger partial charge in [-0.3, -0.25) is 0 Å². The number of thioether (sulfide) groups is 1. The van der Waals surface area contributed by atoms with Gasteiger partial charge in [-0.05, 0) is 80.9 Å². The largest absolute Gasteiger partial charge is 0.316 e. The van der Waals surface area contributed by atoms with E-state index in [4.69, 9.17) is 0 Å². The van der Waals surface area contributed by atoms with E-state index >= 15 is 0 Å². The molecule has 0 heterocycles. The zero-order valence-electron chi connectivity index (χ0n) is 13.6. The Bertz CT molecular complexity index is 214. The third-order valence-corrected chi connectivity index (χ3v) is 5.40. The predicted octanol–water partition coefficient (Wildman–Crippen LogP) is 4.96. The van der Waals surface area contributed by atoms with Crippen LogP contribution in [0.3, 0.4) is 0 Å². The van der Waals surface area contributed by atoms with Crippen LogP contribution >= 0.6 is 11.8 Å². The van der Waals surface area contributed by atoms with Gasteiger partial charge in [0.25, 0.3) is 0 Å². The molecule has 1 saturated carbocycles. The van der Waals surface area contributed by atoms with Crippen LogP contribution in [0.1, 0.15) is 65.7 Å². The van der Waals surface area contributed by atoms with E-state index in [-0.39, 0.29) is 0 Å². The summed E-state index contributed by atoms with van der Waals surface area (Å²) in [5.74, 6) is 3.23. The average Bonchev–Trinajstić information content (AvgIpc) is 2.37. The van der Waals surface area contributed by atoms with E-state index in [1.54, 1.807) is 0 Å². The Balaban J connectivity index is 1.98. The van der Waals surface area contributed by atoms with E-state index < -0.39 is 0 Å². The van der Waals surface area contributed by atoms with Gasteiger partial charge in [-0.25, -0.2) is 0 Å². The second kappa shape index (κ2) is 9.28. The minimum Gasteiger partial charge on any atom is -0.316 e. The van der Waals surface area contributed by atoms with Crippen molar-refractivity contribution in [2.75, 3.05) is 25.1 Å². The Morgan fingerprint density at radius 3 is 2.26 bits per heavy atom. The summed E-state index contributed by atoms with van der Waals surface area (Å²) < 4.78 is 0. The van der Waals surface area contributed by atoms with Crippen LogP contribution in [0.4, 0.5) is 0 Å². The monoisotopic (exact) mass is 285 g/mol. The van der Waals surface area contributed by atoms with Crippen molar-refractivity contribution >= 4 is 11.8 Å². The molecule has 1 aliphatic carbocycles. The highest BCUT2D eigenvalue weighted by Crippen LogP contribution is 2.39. The van der Waals surface area contributed by atoms with Crippen LogP contribution in [0.5, 0.6) is 0 Å². The molecule has 0 atom stereocenters. The number of unbranched alkanes of at least 4 members (excludes halogenated alkanes) is 2. The maximum absolute atomic E-state index is 3.68. The van der Waals surface area contributed by atoms with Crippen molar-refractivity contribution in [2.45, 2.75) is 65.7 Å². The second-order valence-electron chi connectivity index (χ2n) is 7.34. The first-order valence-corrected chi connectivity index (χ1v) is 9.63. The van der Waals surface area contributed by atoms with Crippen molar-refractivity contribution in [1.29, 1.82) is 0 Å². The SMILES string of the molecule is CSCCCCCNCC1CCC(C(C)(C)C)CC1. The van der Waals surface area contributed by atoms with Crippen LogP contribution < -0.4 is 5.32 Å². The van der Waals surface area contributed by atoms with Crippen molar-refractivity contribution in [3.05, 3.63) is 0 Å². The van der Waals surface area contributed by atoms with E-state index in [1.807, 2.05) is 11.8 Å². The molecule has 2 heteroatoms. The zero-order chi connectivity index (χ0) is 14.1. The van der Waals surface area contributed by atoms with Gasteiger partial charge in [0.05, 0.1) is 0 Å². The number of hydrogen-bond acceptors (Lipinski definition) is 2. The molecule has 114 valence electrons. The van der Waals surface area contributed by atoms with Crippen LogP contribution in [-0.2, 0) is 0 Å². The lowest BCUT2D eigenvalue weighted by molar-refractivity contribution is 0.149. The van der Waals surface area contributed by atoms with Crippen molar-refractivity contribution in [3.63, 3.8) is 0 Å². The summed E-state index contributed by atoms with van der Waals surface area (Å²) in [5, 5.41) is 3.68. The quantitative estimate of drug-likeness (QED) is 0.632. The van der Waals surface area contributed by atoms with Gasteiger partial charge >= 0.3 is 0 Å². The number of hydrogen-bond donors (Lipinski definition) is 1. The van der Waals surface area contributed by atoms with Gasteiger partial charge in [0.15, 0.2) is 0 Å².